The van der Waals surface area contributed by atoms with Gasteiger partial charge in [-0.3, -0.25) is 9.69 Å². The summed E-state index contributed by atoms with van der Waals surface area (Å²) in [6, 6.07) is 11.5. The van der Waals surface area contributed by atoms with Crippen LogP contribution in [0.3, 0.4) is 0 Å². The minimum absolute atomic E-state index is 0.122. The predicted molar refractivity (Wildman–Crippen MR) is 107 cm³/mol. The van der Waals surface area contributed by atoms with Crippen LogP contribution in [0.25, 0.3) is 11.3 Å². The lowest BCUT2D eigenvalue weighted by Gasteiger charge is -2.28. The van der Waals surface area contributed by atoms with E-state index in [2.05, 4.69) is 21.8 Å². The number of rotatable bonds is 4. The Balaban J connectivity index is 1.90. The van der Waals surface area contributed by atoms with E-state index >= 15 is 0 Å². The Labute approximate surface area is 164 Å². The second-order valence-electron chi connectivity index (χ2n) is 5.74. The van der Waals surface area contributed by atoms with Crippen molar-refractivity contribution in [3.63, 3.8) is 0 Å². The van der Waals surface area contributed by atoms with Gasteiger partial charge in [0.1, 0.15) is 0 Å². The average molecular weight is 396 g/mol. The number of nitrogens with zero attached hydrogens (tertiary/aromatic N) is 4. The van der Waals surface area contributed by atoms with Crippen molar-refractivity contribution in [2.24, 2.45) is 0 Å². The first-order valence-electron chi connectivity index (χ1n) is 8.26. The van der Waals surface area contributed by atoms with E-state index in [1.54, 1.807) is 11.0 Å². The van der Waals surface area contributed by atoms with Gasteiger partial charge in [-0.05, 0) is 17.5 Å². The third-order valence-electron chi connectivity index (χ3n) is 3.97. The van der Waals surface area contributed by atoms with Crippen LogP contribution < -0.4 is 9.64 Å². The summed E-state index contributed by atoms with van der Waals surface area (Å²) < 4.78 is 6.24. The molecule has 27 heavy (non-hydrogen) atoms. The Morgan fingerprint density at radius 1 is 1.33 bits per heavy atom. The van der Waals surface area contributed by atoms with Crippen molar-refractivity contribution >= 4 is 34.7 Å². The van der Waals surface area contributed by atoms with E-state index in [4.69, 9.17) is 4.74 Å². The maximum absolute atomic E-state index is 12.6. The number of para-hydroxylation sites is 1. The van der Waals surface area contributed by atoms with Crippen LogP contribution in [0.4, 0.5) is 5.69 Å². The zero-order chi connectivity index (χ0) is 18.8. The topological polar surface area (TPSA) is 68.2 Å². The Morgan fingerprint density at radius 2 is 2.19 bits per heavy atom. The second kappa shape index (κ2) is 7.50. The SMILES string of the molecule is C=CCSc1nnc2c(n1)O[C@@H](c1cccs1)N(C(C)=O)c1ccccc1-2. The van der Waals surface area contributed by atoms with Crippen LogP contribution in [0.2, 0.25) is 0 Å². The van der Waals surface area contributed by atoms with Crippen molar-refractivity contribution in [1.82, 2.24) is 15.2 Å². The van der Waals surface area contributed by atoms with Crippen molar-refractivity contribution < 1.29 is 9.53 Å². The molecule has 3 heterocycles. The molecule has 0 unspecified atom stereocenters. The van der Waals surface area contributed by atoms with Crippen LogP contribution in [0, 0.1) is 0 Å². The van der Waals surface area contributed by atoms with E-state index in [-0.39, 0.29) is 5.91 Å². The molecule has 0 N–H and O–H groups in total. The standard InChI is InChI=1S/C19H16N4O2S2/c1-3-10-27-19-20-17-16(21-22-19)13-7-4-5-8-14(13)23(12(2)24)18(25-17)15-9-6-11-26-15/h3-9,11,18H,1,10H2,2H3/t18-/m0/s1. The Bertz CT molecular complexity index is 991. The van der Waals surface area contributed by atoms with Crippen LogP contribution in [0.15, 0.2) is 59.6 Å². The molecule has 8 heteroatoms. The van der Waals surface area contributed by atoms with Gasteiger partial charge >= 0.3 is 0 Å². The van der Waals surface area contributed by atoms with Crippen LogP contribution in [0.5, 0.6) is 5.88 Å². The third-order valence-corrected chi connectivity index (χ3v) is 5.70. The molecule has 1 aliphatic heterocycles. The number of benzene rings is 1. The molecule has 0 bridgehead atoms. The number of carbonyl (C=O) groups excluding carboxylic acids is 1. The normalized spacial score (nSPS) is 15.3. The molecule has 0 saturated heterocycles. The van der Waals surface area contributed by atoms with E-state index in [1.165, 1.54) is 30.0 Å². The zero-order valence-electron chi connectivity index (χ0n) is 14.5. The number of amides is 1. The quantitative estimate of drug-likeness (QED) is 0.483. The van der Waals surface area contributed by atoms with Crippen LogP contribution in [0.1, 0.15) is 18.0 Å². The minimum atomic E-state index is -0.612. The van der Waals surface area contributed by atoms with Crippen LogP contribution >= 0.6 is 23.1 Å². The lowest BCUT2D eigenvalue weighted by molar-refractivity contribution is -0.118. The van der Waals surface area contributed by atoms with Gasteiger partial charge < -0.3 is 4.74 Å². The molecular weight excluding hydrogens is 380 g/mol. The van der Waals surface area contributed by atoms with Crippen LogP contribution in [-0.4, -0.2) is 26.8 Å². The van der Waals surface area contributed by atoms with Crippen LogP contribution in [-0.2, 0) is 4.79 Å². The summed E-state index contributed by atoms with van der Waals surface area (Å²) in [4.78, 5) is 19.7. The predicted octanol–water partition coefficient (Wildman–Crippen LogP) is 4.32. The number of aromatic nitrogens is 3. The minimum Gasteiger partial charge on any atom is -0.446 e. The first-order valence-corrected chi connectivity index (χ1v) is 10.1. The molecule has 2 aromatic heterocycles. The van der Waals surface area contributed by atoms with E-state index in [9.17, 15) is 4.79 Å². The molecule has 0 fully saturated rings. The second-order valence-corrected chi connectivity index (χ2v) is 7.71. The lowest BCUT2D eigenvalue weighted by Crippen LogP contribution is -2.35. The maximum Gasteiger partial charge on any atom is 0.247 e. The van der Waals surface area contributed by atoms with Gasteiger partial charge in [0, 0.05) is 18.2 Å². The van der Waals surface area contributed by atoms with E-state index < -0.39 is 6.23 Å². The highest BCUT2D eigenvalue weighted by atomic mass is 32.2. The highest BCUT2D eigenvalue weighted by Gasteiger charge is 2.34. The zero-order valence-corrected chi connectivity index (χ0v) is 16.2. The van der Waals surface area contributed by atoms with Crippen molar-refractivity contribution in [1.29, 1.82) is 0 Å². The fourth-order valence-electron chi connectivity index (χ4n) is 2.86. The Morgan fingerprint density at radius 3 is 2.93 bits per heavy atom. The molecule has 1 aliphatic rings. The van der Waals surface area contributed by atoms with Crippen molar-refractivity contribution in [3.05, 3.63) is 59.3 Å². The van der Waals surface area contributed by atoms with Gasteiger partial charge in [-0.1, -0.05) is 42.1 Å². The first kappa shape index (κ1) is 17.7. The molecule has 4 rings (SSSR count). The van der Waals surface area contributed by atoms with Crippen molar-refractivity contribution in [2.75, 3.05) is 10.7 Å². The molecule has 0 saturated carbocycles. The number of hydrogen-bond acceptors (Lipinski definition) is 7. The highest BCUT2D eigenvalue weighted by molar-refractivity contribution is 7.99. The summed E-state index contributed by atoms with van der Waals surface area (Å²) in [6.45, 7) is 5.24. The molecule has 1 amide bonds. The summed E-state index contributed by atoms with van der Waals surface area (Å²) >= 11 is 2.95. The fraction of sp³-hybridized carbons (Fsp3) is 0.158. The lowest BCUT2D eigenvalue weighted by atomic mass is 10.1. The largest absolute Gasteiger partial charge is 0.446 e. The summed E-state index contributed by atoms with van der Waals surface area (Å²) in [5.41, 5.74) is 2.02. The smallest absolute Gasteiger partial charge is 0.247 e. The number of carbonyl (C=O) groups is 1. The number of anilines is 1. The molecule has 0 radical (unpaired) electrons. The molecule has 136 valence electrons. The molecule has 0 spiro atoms. The van der Waals surface area contributed by atoms with Gasteiger partial charge in [-0.15, -0.1) is 28.1 Å². The van der Waals surface area contributed by atoms with E-state index in [0.717, 1.165) is 16.1 Å². The number of thiophene rings is 1. The summed E-state index contributed by atoms with van der Waals surface area (Å²) in [5, 5.41) is 11.0. The van der Waals surface area contributed by atoms with Gasteiger partial charge in [0.05, 0.1) is 10.6 Å². The van der Waals surface area contributed by atoms with Gasteiger partial charge in [-0.2, -0.15) is 4.98 Å². The monoisotopic (exact) mass is 396 g/mol. The Hall–Kier alpha value is -2.71. The molecule has 3 aromatic rings. The highest BCUT2D eigenvalue weighted by Crippen LogP contribution is 2.43. The molecule has 1 atom stereocenters. The van der Waals surface area contributed by atoms with Gasteiger partial charge in [-0.25, -0.2) is 0 Å². The average Bonchev–Trinajstić information content (AvgIpc) is 3.16. The van der Waals surface area contributed by atoms with Gasteiger partial charge in [0.25, 0.3) is 0 Å². The number of ether oxygens (including phenoxy) is 1. The summed E-state index contributed by atoms with van der Waals surface area (Å²) in [7, 11) is 0. The van der Waals surface area contributed by atoms with Crippen molar-refractivity contribution in [3.8, 4) is 17.1 Å². The molecule has 0 aliphatic carbocycles. The maximum atomic E-state index is 12.6. The van der Waals surface area contributed by atoms with Crippen molar-refractivity contribution in [2.45, 2.75) is 18.3 Å². The number of fused-ring (bicyclic) bond motifs is 3. The van der Waals surface area contributed by atoms with Gasteiger partial charge in [0.2, 0.25) is 23.2 Å². The molecular formula is C19H16N4O2S2. The van der Waals surface area contributed by atoms with Gasteiger partial charge in [0.15, 0.2) is 5.69 Å². The molecule has 1 aromatic carbocycles. The third kappa shape index (κ3) is 3.33. The Kier molecular flexibility index (Phi) is 4.91. The summed E-state index contributed by atoms with van der Waals surface area (Å²) in [5.74, 6) is 0.916. The first-order chi connectivity index (χ1) is 13.2. The number of thioether (sulfide) groups is 1. The van der Waals surface area contributed by atoms with E-state index in [1.807, 2.05) is 41.8 Å². The molecule has 6 nitrogen and oxygen atoms in total. The summed E-state index contributed by atoms with van der Waals surface area (Å²) in [6.07, 6.45) is 1.17. The fourth-order valence-corrected chi connectivity index (χ4v) is 4.12. The van der Waals surface area contributed by atoms with E-state index in [0.29, 0.717) is 22.5 Å². The number of hydrogen-bond donors (Lipinski definition) is 0.